The van der Waals surface area contributed by atoms with E-state index >= 15 is 0 Å². The molecule has 4 nitrogen and oxygen atoms in total. The molecule has 0 amide bonds. The summed E-state index contributed by atoms with van der Waals surface area (Å²) in [6.45, 7) is 10.7. The zero-order chi connectivity index (χ0) is 24.7. The van der Waals surface area contributed by atoms with Gasteiger partial charge in [-0.05, 0) is 21.8 Å². The monoisotopic (exact) mass is 484 g/mol. The molecule has 0 fully saturated rings. The molecule has 0 unspecified atom stereocenters. The average Bonchev–Trinajstić information content (AvgIpc) is 2.83. The molecule has 0 heterocycles. The molecule has 2 aromatic carbocycles. The first-order valence-electron chi connectivity index (χ1n) is 12.9. The minimum atomic E-state index is -2.53. The Labute approximate surface area is 208 Å². The predicted molar refractivity (Wildman–Crippen MR) is 143 cm³/mol. The topological polar surface area (TPSA) is 44.8 Å². The Morgan fingerprint density at radius 3 is 1.82 bits per heavy atom. The highest BCUT2D eigenvalue weighted by Crippen LogP contribution is 2.36. The normalized spacial score (nSPS) is 12.0. The highest BCUT2D eigenvalue weighted by molar-refractivity contribution is 6.99. The number of esters is 1. The van der Waals surface area contributed by atoms with E-state index in [2.05, 4.69) is 76.2 Å². The van der Waals surface area contributed by atoms with E-state index in [9.17, 15) is 4.79 Å². The molecule has 0 aliphatic heterocycles. The van der Waals surface area contributed by atoms with Crippen molar-refractivity contribution in [2.75, 3.05) is 26.4 Å². The summed E-state index contributed by atoms with van der Waals surface area (Å²) in [4.78, 5) is 11.9. The van der Waals surface area contributed by atoms with Gasteiger partial charge in [0.05, 0.1) is 19.8 Å². The summed E-state index contributed by atoms with van der Waals surface area (Å²) in [6, 6.07) is 21.2. The van der Waals surface area contributed by atoms with Crippen molar-refractivity contribution < 1.29 is 18.7 Å². The highest BCUT2D eigenvalue weighted by Gasteiger charge is 2.49. The Hall–Kier alpha value is -1.95. The van der Waals surface area contributed by atoms with E-state index < -0.39 is 8.32 Å². The summed E-state index contributed by atoms with van der Waals surface area (Å²) >= 11 is 0. The molecule has 0 aliphatic rings. The van der Waals surface area contributed by atoms with Gasteiger partial charge < -0.3 is 13.9 Å². The third-order valence-corrected chi connectivity index (χ3v) is 11.2. The summed E-state index contributed by atoms with van der Waals surface area (Å²) in [7, 11) is -2.53. The second-order valence-electron chi connectivity index (χ2n) is 9.86. The molecule has 0 atom stereocenters. The lowest BCUT2D eigenvalue weighted by atomic mass is 10.1. The van der Waals surface area contributed by atoms with Crippen molar-refractivity contribution in [2.45, 2.75) is 77.7 Å². The van der Waals surface area contributed by atoms with Crippen molar-refractivity contribution in [1.82, 2.24) is 0 Å². The summed E-state index contributed by atoms with van der Waals surface area (Å²) in [6.07, 6.45) is 7.50. The standard InChI is InChI=1S/C29H44O4Si/c1-5-6-7-8-9-16-21-28(30)32-24-22-31-23-25-33-34(29(2,3)4,26-17-12-10-13-18-26)27-19-14-11-15-20-27/h10-15,17-20H,5-9,16,21-25H2,1-4H3. The number of hydrogen-bond acceptors (Lipinski definition) is 4. The molecule has 34 heavy (non-hydrogen) atoms. The minimum absolute atomic E-state index is 0.0538. The first-order valence-corrected chi connectivity index (χ1v) is 14.8. The Kier molecular flexibility index (Phi) is 12.6. The Morgan fingerprint density at radius 2 is 1.26 bits per heavy atom. The average molecular weight is 485 g/mol. The molecule has 2 rings (SSSR count). The Balaban J connectivity index is 1.81. The van der Waals surface area contributed by atoms with Gasteiger partial charge in [0, 0.05) is 6.42 Å². The fourth-order valence-corrected chi connectivity index (χ4v) is 9.00. The molecule has 0 radical (unpaired) electrons. The quantitative estimate of drug-likeness (QED) is 0.170. The maximum absolute atomic E-state index is 11.9. The van der Waals surface area contributed by atoms with Gasteiger partial charge in [0.15, 0.2) is 0 Å². The van der Waals surface area contributed by atoms with Crippen molar-refractivity contribution in [2.24, 2.45) is 0 Å². The summed E-state index contributed by atoms with van der Waals surface area (Å²) < 4.78 is 17.9. The molecule has 5 heteroatoms. The largest absolute Gasteiger partial charge is 0.463 e. The van der Waals surface area contributed by atoms with E-state index in [1.807, 2.05) is 12.1 Å². The zero-order valence-electron chi connectivity index (χ0n) is 21.7. The smallest absolute Gasteiger partial charge is 0.305 e. The third-order valence-electron chi connectivity index (χ3n) is 6.19. The molecule has 0 bridgehead atoms. The lowest BCUT2D eigenvalue weighted by molar-refractivity contribution is -0.145. The molecule has 0 spiro atoms. The molecule has 0 aliphatic carbocycles. The van der Waals surface area contributed by atoms with Gasteiger partial charge in [-0.2, -0.15) is 0 Å². The van der Waals surface area contributed by atoms with Crippen LogP contribution in [-0.4, -0.2) is 40.7 Å². The van der Waals surface area contributed by atoms with Gasteiger partial charge in [-0.3, -0.25) is 4.79 Å². The first kappa shape index (κ1) is 28.3. The highest BCUT2D eigenvalue weighted by atomic mass is 28.4. The van der Waals surface area contributed by atoms with Crippen LogP contribution in [0.1, 0.15) is 72.6 Å². The van der Waals surface area contributed by atoms with Gasteiger partial charge in [0.25, 0.3) is 8.32 Å². The maximum atomic E-state index is 11.9. The van der Waals surface area contributed by atoms with Gasteiger partial charge in [-0.25, -0.2) is 0 Å². The van der Waals surface area contributed by atoms with E-state index in [1.54, 1.807) is 0 Å². The van der Waals surface area contributed by atoms with Crippen molar-refractivity contribution in [1.29, 1.82) is 0 Å². The van der Waals surface area contributed by atoms with Gasteiger partial charge in [-0.1, -0.05) is 120 Å². The van der Waals surface area contributed by atoms with Gasteiger partial charge >= 0.3 is 5.97 Å². The summed E-state index contributed by atoms with van der Waals surface area (Å²) in [5.41, 5.74) is 0. The molecular formula is C29H44O4Si. The van der Waals surface area contributed by atoms with Crippen LogP contribution in [0.15, 0.2) is 60.7 Å². The number of unbranched alkanes of at least 4 members (excludes halogenated alkanes) is 5. The van der Waals surface area contributed by atoms with Crippen LogP contribution in [0.4, 0.5) is 0 Å². The molecule has 0 saturated carbocycles. The fourth-order valence-electron chi connectivity index (χ4n) is 4.45. The van der Waals surface area contributed by atoms with Gasteiger partial charge in [0.2, 0.25) is 0 Å². The van der Waals surface area contributed by atoms with Gasteiger partial charge in [-0.15, -0.1) is 0 Å². The molecule has 188 valence electrons. The Bertz CT molecular complexity index is 762. The van der Waals surface area contributed by atoms with Crippen molar-refractivity contribution in [3.8, 4) is 0 Å². The van der Waals surface area contributed by atoms with Crippen LogP contribution in [0, 0.1) is 0 Å². The number of hydrogen-bond donors (Lipinski definition) is 0. The summed E-state index contributed by atoms with van der Waals surface area (Å²) in [5, 5.41) is 2.47. The van der Waals surface area contributed by atoms with E-state index in [4.69, 9.17) is 13.9 Å². The zero-order valence-corrected chi connectivity index (χ0v) is 22.7. The molecule has 0 saturated heterocycles. The Morgan fingerprint density at radius 1 is 0.735 bits per heavy atom. The van der Waals surface area contributed by atoms with Gasteiger partial charge in [0.1, 0.15) is 6.61 Å². The number of ether oxygens (including phenoxy) is 2. The van der Waals surface area contributed by atoms with E-state index in [0.717, 1.165) is 12.8 Å². The van der Waals surface area contributed by atoms with E-state index in [-0.39, 0.29) is 11.0 Å². The van der Waals surface area contributed by atoms with Crippen molar-refractivity contribution in [3.05, 3.63) is 60.7 Å². The van der Waals surface area contributed by atoms with E-state index in [1.165, 1.54) is 36.1 Å². The lowest BCUT2D eigenvalue weighted by Crippen LogP contribution is -2.66. The third kappa shape index (κ3) is 8.68. The number of rotatable bonds is 16. The van der Waals surface area contributed by atoms with Crippen LogP contribution in [0.3, 0.4) is 0 Å². The van der Waals surface area contributed by atoms with Crippen LogP contribution in [0.5, 0.6) is 0 Å². The molecular weight excluding hydrogens is 440 g/mol. The number of benzene rings is 2. The fraction of sp³-hybridized carbons (Fsp3) is 0.552. The predicted octanol–water partition coefficient (Wildman–Crippen LogP) is 5.87. The number of carbonyl (C=O) groups excluding carboxylic acids is 1. The lowest BCUT2D eigenvalue weighted by Gasteiger charge is -2.43. The van der Waals surface area contributed by atoms with Crippen LogP contribution in [0.25, 0.3) is 0 Å². The minimum Gasteiger partial charge on any atom is -0.463 e. The second kappa shape index (κ2) is 15.1. The maximum Gasteiger partial charge on any atom is 0.305 e. The van der Waals surface area contributed by atoms with Crippen LogP contribution in [0.2, 0.25) is 5.04 Å². The van der Waals surface area contributed by atoms with Crippen LogP contribution in [-0.2, 0) is 18.7 Å². The van der Waals surface area contributed by atoms with Crippen molar-refractivity contribution >= 4 is 24.7 Å². The van der Waals surface area contributed by atoms with Crippen LogP contribution >= 0.6 is 0 Å². The molecule has 0 N–H and O–H groups in total. The first-order chi connectivity index (χ1) is 16.4. The molecule has 2 aromatic rings. The van der Waals surface area contributed by atoms with Crippen molar-refractivity contribution in [3.63, 3.8) is 0 Å². The van der Waals surface area contributed by atoms with Crippen LogP contribution < -0.4 is 10.4 Å². The second-order valence-corrected chi connectivity index (χ2v) is 14.2. The SMILES string of the molecule is CCCCCCCCC(=O)OCCOCCO[Si](c1ccccc1)(c1ccccc1)C(C)(C)C. The molecule has 0 aromatic heterocycles. The number of carbonyl (C=O) groups is 1. The summed E-state index contributed by atoms with van der Waals surface area (Å²) in [5.74, 6) is -0.123. The van der Waals surface area contributed by atoms with E-state index in [0.29, 0.717) is 32.8 Å².